The number of ketones is 1. The first-order valence-electron chi connectivity index (χ1n) is 7.69. The molecule has 0 N–H and O–H groups in total. The van der Waals surface area contributed by atoms with Crippen LogP contribution in [-0.2, 0) is 14.3 Å². The molecule has 0 unspecified atom stereocenters. The quantitative estimate of drug-likeness (QED) is 0.488. The Morgan fingerprint density at radius 3 is 2.29 bits per heavy atom. The topological polar surface area (TPSA) is 74.6 Å². The van der Waals surface area contributed by atoms with Crippen LogP contribution in [0.5, 0.6) is 0 Å². The van der Waals surface area contributed by atoms with Crippen LogP contribution in [0.3, 0.4) is 0 Å². The highest BCUT2D eigenvalue weighted by molar-refractivity contribution is 6.43. The molecule has 0 spiro atoms. The number of carbonyl (C=O) groups is 3. The molecule has 0 aliphatic heterocycles. The minimum atomic E-state index is -0.947. The van der Waals surface area contributed by atoms with E-state index in [1.54, 1.807) is 58.9 Å². The Bertz CT molecular complexity index is 795. The lowest BCUT2D eigenvalue weighted by Gasteiger charge is -2.19. The molecule has 0 aliphatic carbocycles. The normalized spacial score (nSPS) is 11.6. The van der Waals surface area contributed by atoms with E-state index in [1.807, 2.05) is 0 Å². The average molecular weight is 331 g/mol. The maximum Gasteiger partial charge on any atom is 0.419 e. The number of nitrogens with zero attached hydrogens (tertiary/aromatic N) is 1. The molecule has 0 saturated heterocycles. The maximum atomic E-state index is 12.4. The Morgan fingerprint density at radius 1 is 1.08 bits per heavy atom. The summed E-state index contributed by atoms with van der Waals surface area (Å²) in [5, 5.41) is 0.495. The predicted molar refractivity (Wildman–Crippen MR) is 89.1 cm³/mol. The number of esters is 1. The second-order valence-electron chi connectivity index (χ2n) is 6.69. The standard InChI is InChI=1S/C18H21NO5/c1-11(2)23-16(21)15(20)13-10-19(17(22)24-18(3,4)5)14-9-7-6-8-12(13)14/h6-11H,1-5H3. The van der Waals surface area contributed by atoms with Crippen molar-refractivity contribution < 1.29 is 23.9 Å². The van der Waals surface area contributed by atoms with Crippen LogP contribution in [0, 0.1) is 0 Å². The first kappa shape index (κ1) is 17.7. The number of Topliss-reactive ketones (excluding diaryl/α,β-unsaturated/α-hetero) is 1. The zero-order valence-corrected chi connectivity index (χ0v) is 14.5. The van der Waals surface area contributed by atoms with E-state index in [1.165, 1.54) is 10.8 Å². The van der Waals surface area contributed by atoms with E-state index in [0.717, 1.165) is 0 Å². The van der Waals surface area contributed by atoms with Crippen molar-refractivity contribution in [3.63, 3.8) is 0 Å². The van der Waals surface area contributed by atoms with Crippen LogP contribution in [0.4, 0.5) is 4.79 Å². The molecule has 0 amide bonds. The zero-order chi connectivity index (χ0) is 18.1. The molecule has 0 bridgehead atoms. The van der Waals surface area contributed by atoms with Crippen molar-refractivity contribution in [2.45, 2.75) is 46.3 Å². The Balaban J connectivity index is 2.48. The van der Waals surface area contributed by atoms with Gasteiger partial charge < -0.3 is 9.47 Å². The lowest BCUT2D eigenvalue weighted by molar-refractivity contribution is -0.141. The summed E-state index contributed by atoms with van der Waals surface area (Å²) >= 11 is 0. The highest BCUT2D eigenvalue weighted by Crippen LogP contribution is 2.23. The molecule has 1 heterocycles. The zero-order valence-electron chi connectivity index (χ0n) is 14.5. The number of ether oxygens (including phenoxy) is 2. The van der Waals surface area contributed by atoms with Crippen LogP contribution >= 0.6 is 0 Å². The molecular formula is C18H21NO5. The van der Waals surface area contributed by atoms with Gasteiger partial charge in [-0.3, -0.25) is 9.36 Å². The SMILES string of the molecule is CC(C)OC(=O)C(=O)c1cn(C(=O)OC(C)(C)C)c2ccccc12. The minimum absolute atomic E-state index is 0.113. The number of fused-ring (bicyclic) bond motifs is 1. The molecule has 24 heavy (non-hydrogen) atoms. The fourth-order valence-electron chi connectivity index (χ4n) is 2.20. The lowest BCUT2D eigenvalue weighted by atomic mass is 10.1. The highest BCUT2D eigenvalue weighted by atomic mass is 16.6. The molecule has 128 valence electrons. The predicted octanol–water partition coefficient (Wildman–Crippen LogP) is 3.56. The third kappa shape index (κ3) is 3.82. The summed E-state index contributed by atoms with van der Waals surface area (Å²) in [6.45, 7) is 8.58. The van der Waals surface area contributed by atoms with Crippen LogP contribution in [0.2, 0.25) is 0 Å². The van der Waals surface area contributed by atoms with Gasteiger partial charge in [0.25, 0.3) is 5.78 Å². The van der Waals surface area contributed by atoms with Crippen molar-refractivity contribution in [3.05, 3.63) is 36.0 Å². The third-order valence-corrected chi connectivity index (χ3v) is 3.07. The van der Waals surface area contributed by atoms with Crippen molar-refractivity contribution in [2.24, 2.45) is 0 Å². The van der Waals surface area contributed by atoms with Crippen LogP contribution in [-0.4, -0.2) is 34.1 Å². The van der Waals surface area contributed by atoms with E-state index < -0.39 is 29.6 Å². The van der Waals surface area contributed by atoms with Gasteiger partial charge in [0.05, 0.1) is 17.2 Å². The van der Waals surface area contributed by atoms with Gasteiger partial charge in [0.1, 0.15) is 5.60 Å². The van der Waals surface area contributed by atoms with E-state index in [4.69, 9.17) is 9.47 Å². The Labute approximate surface area is 140 Å². The van der Waals surface area contributed by atoms with Gasteiger partial charge in [-0.25, -0.2) is 9.59 Å². The van der Waals surface area contributed by atoms with Crippen LogP contribution in [0.15, 0.2) is 30.5 Å². The first-order valence-corrected chi connectivity index (χ1v) is 7.69. The van der Waals surface area contributed by atoms with Crippen molar-refractivity contribution >= 4 is 28.7 Å². The van der Waals surface area contributed by atoms with Crippen molar-refractivity contribution in [2.75, 3.05) is 0 Å². The monoisotopic (exact) mass is 331 g/mol. The van der Waals surface area contributed by atoms with Gasteiger partial charge >= 0.3 is 12.1 Å². The number of aromatic nitrogens is 1. The molecule has 0 atom stereocenters. The van der Waals surface area contributed by atoms with Crippen LogP contribution in [0.1, 0.15) is 45.0 Å². The number of hydrogen-bond acceptors (Lipinski definition) is 5. The minimum Gasteiger partial charge on any atom is -0.457 e. The summed E-state index contributed by atoms with van der Waals surface area (Å²) in [6, 6.07) is 6.83. The second kappa shape index (κ2) is 6.47. The molecule has 0 aliphatic rings. The fourth-order valence-corrected chi connectivity index (χ4v) is 2.20. The molecule has 0 radical (unpaired) electrons. The lowest BCUT2D eigenvalue weighted by Crippen LogP contribution is -2.27. The van der Waals surface area contributed by atoms with Gasteiger partial charge in [0, 0.05) is 11.6 Å². The van der Waals surface area contributed by atoms with Gasteiger partial charge in [-0.1, -0.05) is 18.2 Å². The summed E-state index contributed by atoms with van der Waals surface area (Å²) in [4.78, 5) is 36.7. The van der Waals surface area contributed by atoms with Gasteiger partial charge in [0.15, 0.2) is 0 Å². The van der Waals surface area contributed by atoms with E-state index in [9.17, 15) is 14.4 Å². The Morgan fingerprint density at radius 2 is 1.71 bits per heavy atom. The summed E-state index contributed by atoms with van der Waals surface area (Å²) < 4.78 is 11.5. The second-order valence-corrected chi connectivity index (χ2v) is 6.69. The molecule has 0 saturated carbocycles. The van der Waals surface area contributed by atoms with Crippen LogP contribution in [0.25, 0.3) is 10.9 Å². The van der Waals surface area contributed by atoms with Crippen molar-refractivity contribution in [1.82, 2.24) is 4.57 Å². The van der Waals surface area contributed by atoms with E-state index in [2.05, 4.69) is 0 Å². The molecule has 2 rings (SSSR count). The van der Waals surface area contributed by atoms with Crippen LogP contribution < -0.4 is 0 Å². The largest absolute Gasteiger partial charge is 0.457 e. The molecular weight excluding hydrogens is 310 g/mol. The summed E-state index contributed by atoms with van der Waals surface area (Å²) in [5.41, 5.74) is -0.0713. The molecule has 6 heteroatoms. The van der Waals surface area contributed by atoms with E-state index >= 15 is 0 Å². The van der Waals surface area contributed by atoms with Gasteiger partial charge in [-0.05, 0) is 40.7 Å². The van der Waals surface area contributed by atoms with Crippen molar-refractivity contribution in [1.29, 1.82) is 0 Å². The molecule has 0 fully saturated rings. The first-order chi connectivity index (χ1) is 11.1. The number of hydrogen-bond donors (Lipinski definition) is 0. The highest BCUT2D eigenvalue weighted by Gasteiger charge is 2.26. The molecule has 1 aromatic carbocycles. The number of para-hydroxylation sites is 1. The fraction of sp³-hybridized carbons (Fsp3) is 0.389. The maximum absolute atomic E-state index is 12.4. The molecule has 2 aromatic rings. The molecule has 1 aromatic heterocycles. The summed E-state index contributed by atoms with van der Waals surface area (Å²) in [7, 11) is 0. The Hall–Kier alpha value is -2.63. The smallest absolute Gasteiger partial charge is 0.419 e. The number of carbonyl (C=O) groups excluding carboxylic acids is 3. The number of rotatable bonds is 3. The molecule has 6 nitrogen and oxygen atoms in total. The van der Waals surface area contributed by atoms with Gasteiger partial charge in [-0.15, -0.1) is 0 Å². The van der Waals surface area contributed by atoms with E-state index in [0.29, 0.717) is 10.9 Å². The number of benzene rings is 1. The average Bonchev–Trinajstić information content (AvgIpc) is 2.83. The van der Waals surface area contributed by atoms with E-state index in [-0.39, 0.29) is 5.56 Å². The van der Waals surface area contributed by atoms with Crippen molar-refractivity contribution in [3.8, 4) is 0 Å². The summed E-state index contributed by atoms with van der Waals surface area (Å²) in [6.07, 6.45) is 0.304. The van der Waals surface area contributed by atoms with Gasteiger partial charge in [-0.2, -0.15) is 0 Å². The summed E-state index contributed by atoms with van der Waals surface area (Å²) in [5.74, 6) is -1.74. The Kier molecular flexibility index (Phi) is 4.78. The third-order valence-electron chi connectivity index (χ3n) is 3.07. The van der Waals surface area contributed by atoms with Gasteiger partial charge in [0.2, 0.25) is 0 Å².